The summed E-state index contributed by atoms with van der Waals surface area (Å²) < 4.78 is 19.1. The van der Waals surface area contributed by atoms with Crippen LogP contribution in [0, 0.1) is 12.5 Å². The summed E-state index contributed by atoms with van der Waals surface area (Å²) in [5.41, 5.74) is 1.46. The fourth-order valence-electron chi connectivity index (χ4n) is 4.19. The Bertz CT molecular complexity index is 1180. The van der Waals surface area contributed by atoms with E-state index in [2.05, 4.69) is 25.3 Å². The largest absolute Gasteiger partial charge is 0.495 e. The van der Waals surface area contributed by atoms with Gasteiger partial charge in [-0.25, -0.2) is 9.24 Å². The number of rotatable bonds is 7. The van der Waals surface area contributed by atoms with Gasteiger partial charge in [0.1, 0.15) is 11.9 Å². The lowest BCUT2D eigenvalue weighted by atomic mass is 9.92. The standard InChI is InChI=1S/C24H25ClFN5O2/c1-27-17-4-5-18-19(12-17)23(28-13-15-3-6-22(33-2)20(25)11-15)29-30-24(18)31-9-7-16(8-10-31)21(26)14-32/h3-6,11-12,16,21,32H,7-10,13-14H2,2H3,(H,28,29). The van der Waals surface area contributed by atoms with Crippen LogP contribution in [0.15, 0.2) is 36.4 Å². The molecule has 2 N–H and O–H groups in total. The van der Waals surface area contributed by atoms with Crippen LogP contribution in [-0.4, -0.2) is 48.3 Å². The molecule has 0 radical (unpaired) electrons. The minimum absolute atomic E-state index is 0.142. The van der Waals surface area contributed by atoms with Crippen LogP contribution in [0.4, 0.5) is 21.7 Å². The highest BCUT2D eigenvalue weighted by Gasteiger charge is 2.27. The molecule has 1 unspecified atom stereocenters. The fourth-order valence-corrected chi connectivity index (χ4v) is 4.47. The molecule has 1 fully saturated rings. The van der Waals surface area contributed by atoms with Gasteiger partial charge in [0.25, 0.3) is 0 Å². The van der Waals surface area contributed by atoms with Crippen LogP contribution in [0.5, 0.6) is 5.75 Å². The molecule has 0 spiro atoms. The first-order chi connectivity index (χ1) is 16.0. The van der Waals surface area contributed by atoms with Crippen molar-refractivity contribution >= 4 is 39.7 Å². The van der Waals surface area contributed by atoms with E-state index in [1.807, 2.05) is 24.3 Å². The van der Waals surface area contributed by atoms with E-state index in [9.17, 15) is 4.39 Å². The van der Waals surface area contributed by atoms with Crippen molar-refractivity contribution in [1.82, 2.24) is 10.2 Å². The molecular weight excluding hydrogens is 445 g/mol. The van der Waals surface area contributed by atoms with Crippen LogP contribution < -0.4 is 15.0 Å². The normalized spacial score (nSPS) is 15.3. The molecule has 1 aliphatic rings. The average Bonchev–Trinajstić information content (AvgIpc) is 2.86. The molecule has 2 aromatic carbocycles. The van der Waals surface area contributed by atoms with E-state index in [0.717, 1.165) is 22.2 Å². The molecule has 1 atom stereocenters. The Hall–Kier alpha value is -3.15. The molecule has 0 bridgehead atoms. The summed E-state index contributed by atoms with van der Waals surface area (Å²) in [5, 5.41) is 23.5. The number of benzene rings is 2. The van der Waals surface area contributed by atoms with E-state index in [4.69, 9.17) is 28.0 Å². The van der Waals surface area contributed by atoms with Gasteiger partial charge in [-0.1, -0.05) is 29.8 Å². The van der Waals surface area contributed by atoms with Crippen LogP contribution in [0.2, 0.25) is 5.02 Å². The molecule has 172 valence electrons. The minimum atomic E-state index is -1.19. The molecule has 1 saturated heterocycles. The molecule has 2 heterocycles. The summed E-state index contributed by atoms with van der Waals surface area (Å²) in [7, 11) is 1.57. The summed E-state index contributed by atoms with van der Waals surface area (Å²) in [6, 6.07) is 11.0. The van der Waals surface area contributed by atoms with Gasteiger partial charge in [-0.05, 0) is 42.5 Å². The third kappa shape index (κ3) is 4.95. The predicted octanol–water partition coefficient (Wildman–Crippen LogP) is 5.00. The van der Waals surface area contributed by atoms with E-state index in [1.165, 1.54) is 0 Å². The average molecular weight is 470 g/mol. The Morgan fingerprint density at radius 3 is 2.70 bits per heavy atom. The van der Waals surface area contributed by atoms with Gasteiger partial charge in [0.2, 0.25) is 0 Å². The summed E-state index contributed by atoms with van der Waals surface area (Å²) in [4.78, 5) is 5.65. The van der Waals surface area contributed by atoms with Crippen molar-refractivity contribution in [3.8, 4) is 5.75 Å². The zero-order chi connectivity index (χ0) is 23.4. The second kappa shape index (κ2) is 10.2. The molecule has 0 amide bonds. The number of alkyl halides is 1. The zero-order valence-corrected chi connectivity index (χ0v) is 19.0. The Kier molecular flexibility index (Phi) is 7.11. The van der Waals surface area contributed by atoms with Crippen molar-refractivity contribution in [2.45, 2.75) is 25.6 Å². The Balaban J connectivity index is 1.60. The first kappa shape index (κ1) is 23.0. The van der Waals surface area contributed by atoms with Gasteiger partial charge in [0.05, 0.1) is 25.3 Å². The van der Waals surface area contributed by atoms with Gasteiger partial charge in [0, 0.05) is 30.4 Å². The van der Waals surface area contributed by atoms with Crippen LogP contribution in [0.1, 0.15) is 18.4 Å². The number of nitrogens with zero attached hydrogens (tertiary/aromatic N) is 4. The van der Waals surface area contributed by atoms with Crippen LogP contribution >= 0.6 is 11.6 Å². The van der Waals surface area contributed by atoms with Gasteiger partial charge in [0.15, 0.2) is 17.3 Å². The van der Waals surface area contributed by atoms with Crippen LogP contribution in [0.3, 0.4) is 0 Å². The lowest BCUT2D eigenvalue weighted by Gasteiger charge is -2.34. The van der Waals surface area contributed by atoms with Crippen molar-refractivity contribution < 1.29 is 14.2 Å². The third-order valence-electron chi connectivity index (χ3n) is 6.07. The Morgan fingerprint density at radius 2 is 2.03 bits per heavy atom. The second-order valence-electron chi connectivity index (χ2n) is 8.06. The lowest BCUT2D eigenvalue weighted by Crippen LogP contribution is -2.38. The molecule has 1 aromatic heterocycles. The first-order valence-corrected chi connectivity index (χ1v) is 11.2. The van der Waals surface area contributed by atoms with E-state index < -0.39 is 12.8 Å². The molecule has 0 aliphatic carbocycles. The van der Waals surface area contributed by atoms with E-state index in [1.54, 1.807) is 19.2 Å². The molecule has 4 rings (SSSR count). The highest BCUT2D eigenvalue weighted by Crippen LogP contribution is 2.34. The van der Waals surface area contributed by atoms with Crippen molar-refractivity contribution in [1.29, 1.82) is 0 Å². The van der Waals surface area contributed by atoms with Crippen LogP contribution in [0.25, 0.3) is 15.6 Å². The number of piperidine rings is 1. The van der Waals surface area contributed by atoms with Gasteiger partial charge in [-0.2, -0.15) is 0 Å². The van der Waals surface area contributed by atoms with Gasteiger partial charge >= 0.3 is 0 Å². The van der Waals surface area contributed by atoms with Crippen molar-refractivity contribution in [3.63, 3.8) is 0 Å². The molecule has 33 heavy (non-hydrogen) atoms. The number of methoxy groups -OCH3 is 1. The van der Waals surface area contributed by atoms with E-state index in [0.29, 0.717) is 54.8 Å². The monoisotopic (exact) mass is 469 g/mol. The summed E-state index contributed by atoms with van der Waals surface area (Å²) in [6.07, 6.45) is 0.0984. The maximum atomic E-state index is 13.9. The molecule has 1 aliphatic heterocycles. The van der Waals surface area contributed by atoms with Crippen molar-refractivity contribution in [2.75, 3.05) is 37.0 Å². The number of aliphatic hydroxyl groups excluding tert-OH is 1. The second-order valence-corrected chi connectivity index (χ2v) is 8.47. The highest BCUT2D eigenvalue weighted by atomic mass is 35.5. The maximum Gasteiger partial charge on any atom is 0.188 e. The van der Waals surface area contributed by atoms with E-state index in [-0.39, 0.29) is 5.92 Å². The molecule has 3 aromatic rings. The number of ether oxygens (including phenoxy) is 1. The van der Waals surface area contributed by atoms with Gasteiger partial charge < -0.3 is 20.1 Å². The molecule has 7 nitrogen and oxygen atoms in total. The van der Waals surface area contributed by atoms with E-state index >= 15 is 0 Å². The molecule has 0 saturated carbocycles. The fraction of sp³-hybridized carbons (Fsp3) is 0.375. The predicted molar refractivity (Wildman–Crippen MR) is 128 cm³/mol. The maximum absolute atomic E-state index is 13.9. The van der Waals surface area contributed by atoms with Crippen molar-refractivity contribution in [3.05, 3.63) is 58.4 Å². The number of nitrogens with one attached hydrogen (secondary N) is 1. The number of aromatic nitrogens is 2. The summed E-state index contributed by atoms with van der Waals surface area (Å²) in [6.45, 7) is 8.70. The van der Waals surface area contributed by atoms with Gasteiger partial charge in [-0.15, -0.1) is 10.2 Å². The zero-order valence-electron chi connectivity index (χ0n) is 18.3. The quantitative estimate of drug-likeness (QED) is 0.474. The number of aliphatic hydroxyl groups is 1. The van der Waals surface area contributed by atoms with Crippen LogP contribution in [-0.2, 0) is 6.54 Å². The number of fused-ring (bicyclic) bond motifs is 1. The molecule has 9 heteroatoms. The number of halogens is 2. The highest BCUT2D eigenvalue weighted by molar-refractivity contribution is 6.32. The smallest absolute Gasteiger partial charge is 0.188 e. The first-order valence-electron chi connectivity index (χ1n) is 10.8. The number of hydrogen-bond acceptors (Lipinski definition) is 6. The summed E-state index contributed by atoms with van der Waals surface area (Å²) >= 11 is 6.23. The Labute approximate surface area is 197 Å². The van der Waals surface area contributed by atoms with Crippen molar-refractivity contribution in [2.24, 2.45) is 5.92 Å². The summed E-state index contributed by atoms with van der Waals surface area (Å²) in [5.74, 6) is 1.76. The lowest BCUT2D eigenvalue weighted by molar-refractivity contribution is 0.112. The minimum Gasteiger partial charge on any atom is -0.495 e. The SMILES string of the molecule is [C-]#[N+]c1ccc2c(N3CCC(C(F)CO)CC3)nnc(NCc3ccc(OC)c(Cl)c3)c2c1. The molecular formula is C24H25ClFN5O2. The number of anilines is 2. The third-order valence-corrected chi connectivity index (χ3v) is 6.37. The van der Waals surface area contributed by atoms with Gasteiger partial charge in [-0.3, -0.25) is 0 Å². The number of hydrogen-bond donors (Lipinski definition) is 2. The topological polar surface area (TPSA) is 74.9 Å². The Morgan fingerprint density at radius 1 is 1.24 bits per heavy atom.